The van der Waals surface area contributed by atoms with E-state index >= 15 is 0 Å². The molecule has 2 saturated carbocycles. The lowest BCUT2D eigenvalue weighted by Crippen LogP contribution is -2.37. The highest BCUT2D eigenvalue weighted by molar-refractivity contribution is 5.62. The number of ether oxygens (including phenoxy) is 2. The molecule has 8 heteroatoms. The monoisotopic (exact) mass is 506 g/mol. The topological polar surface area (TPSA) is 24.9 Å². The van der Waals surface area contributed by atoms with Crippen molar-refractivity contribution < 1.29 is 27.0 Å². The Bertz CT molecular complexity index is 1020. The van der Waals surface area contributed by atoms with Crippen LogP contribution in [0.4, 0.5) is 23.2 Å². The molecule has 3 aliphatic rings. The molecule has 0 radical (unpaired) electrons. The van der Waals surface area contributed by atoms with Crippen LogP contribution in [0.25, 0.3) is 0 Å². The van der Waals surface area contributed by atoms with Crippen molar-refractivity contribution >= 4 is 5.69 Å². The van der Waals surface area contributed by atoms with E-state index in [-0.39, 0.29) is 23.5 Å². The molecule has 2 aromatic carbocycles. The van der Waals surface area contributed by atoms with Gasteiger partial charge in [-0.1, -0.05) is 12.1 Å². The largest absolute Gasteiger partial charge is 0.573 e. The van der Waals surface area contributed by atoms with Crippen LogP contribution in [-0.2, 0) is 0 Å². The molecule has 0 N–H and O–H groups in total. The number of alkyl halides is 3. The molecule has 0 amide bonds. The molecule has 0 aromatic heterocycles. The van der Waals surface area contributed by atoms with E-state index in [4.69, 9.17) is 4.74 Å². The highest BCUT2D eigenvalue weighted by Gasteiger charge is 2.41. The summed E-state index contributed by atoms with van der Waals surface area (Å²) in [6.07, 6.45) is 1.79. The van der Waals surface area contributed by atoms with Gasteiger partial charge in [-0.05, 0) is 93.3 Å². The maximum absolute atomic E-state index is 13.8. The lowest BCUT2D eigenvalue weighted by atomic mass is 9.85. The number of rotatable bonds is 9. The summed E-state index contributed by atoms with van der Waals surface area (Å²) in [4.78, 5) is 4.56. The van der Waals surface area contributed by atoms with E-state index in [1.165, 1.54) is 37.1 Å². The number of hydrogen-bond donors (Lipinski definition) is 0. The van der Waals surface area contributed by atoms with Crippen molar-refractivity contribution in [1.29, 1.82) is 0 Å². The maximum Gasteiger partial charge on any atom is 0.573 e. The van der Waals surface area contributed by atoms with Crippen molar-refractivity contribution in [2.45, 2.75) is 56.8 Å². The zero-order chi connectivity index (χ0) is 25.3. The van der Waals surface area contributed by atoms with E-state index in [9.17, 15) is 17.6 Å². The minimum Gasteiger partial charge on any atom is -0.491 e. The van der Waals surface area contributed by atoms with E-state index in [0.29, 0.717) is 29.9 Å². The van der Waals surface area contributed by atoms with E-state index in [0.717, 1.165) is 50.9 Å². The van der Waals surface area contributed by atoms with Crippen LogP contribution >= 0.6 is 0 Å². The van der Waals surface area contributed by atoms with Crippen molar-refractivity contribution in [2.24, 2.45) is 11.8 Å². The van der Waals surface area contributed by atoms with Gasteiger partial charge in [-0.25, -0.2) is 4.39 Å². The highest BCUT2D eigenvalue weighted by atomic mass is 19.4. The van der Waals surface area contributed by atoms with Crippen molar-refractivity contribution in [2.75, 3.05) is 38.2 Å². The summed E-state index contributed by atoms with van der Waals surface area (Å²) in [5, 5.41) is 0. The zero-order valence-corrected chi connectivity index (χ0v) is 20.6. The van der Waals surface area contributed by atoms with Crippen molar-refractivity contribution in [3.63, 3.8) is 0 Å². The molecule has 4 nitrogen and oxygen atoms in total. The van der Waals surface area contributed by atoms with Crippen LogP contribution in [0.2, 0.25) is 0 Å². The Labute approximate surface area is 210 Å². The summed E-state index contributed by atoms with van der Waals surface area (Å²) in [7, 11) is 1.93. The highest BCUT2D eigenvalue weighted by Crippen LogP contribution is 2.46. The van der Waals surface area contributed by atoms with E-state index in [1.807, 2.05) is 19.2 Å². The number of hydrogen-bond acceptors (Lipinski definition) is 4. The van der Waals surface area contributed by atoms with Crippen molar-refractivity contribution in [3.05, 3.63) is 53.8 Å². The number of benzene rings is 2. The Morgan fingerprint density at radius 3 is 2.36 bits per heavy atom. The van der Waals surface area contributed by atoms with Gasteiger partial charge in [0.05, 0.1) is 12.3 Å². The summed E-state index contributed by atoms with van der Waals surface area (Å²) in [5.41, 5.74) is 1.66. The molecule has 2 aromatic rings. The lowest BCUT2D eigenvalue weighted by Gasteiger charge is -2.36. The van der Waals surface area contributed by atoms with Crippen LogP contribution in [-0.4, -0.2) is 50.6 Å². The normalized spacial score (nSPS) is 24.8. The van der Waals surface area contributed by atoms with Gasteiger partial charge in [-0.15, -0.1) is 13.2 Å². The van der Waals surface area contributed by atoms with Crippen LogP contribution in [0.1, 0.15) is 50.0 Å². The van der Waals surface area contributed by atoms with Gasteiger partial charge in [0.1, 0.15) is 17.3 Å². The summed E-state index contributed by atoms with van der Waals surface area (Å²) in [6, 6.07) is 11.1. The molecular weight excluding hydrogens is 472 g/mol. The first kappa shape index (κ1) is 25.2. The van der Waals surface area contributed by atoms with Gasteiger partial charge in [0, 0.05) is 31.6 Å². The minimum absolute atomic E-state index is 0.0347. The lowest BCUT2D eigenvalue weighted by molar-refractivity contribution is -0.274. The van der Waals surface area contributed by atoms with Crippen molar-refractivity contribution in [3.8, 4) is 11.5 Å². The van der Waals surface area contributed by atoms with Gasteiger partial charge in [0.15, 0.2) is 0 Å². The Morgan fingerprint density at radius 2 is 1.69 bits per heavy atom. The number of likely N-dealkylation sites (tertiary alicyclic amines) is 1. The molecule has 0 unspecified atom stereocenters. The molecule has 0 bridgehead atoms. The van der Waals surface area contributed by atoms with E-state index < -0.39 is 6.36 Å². The predicted molar refractivity (Wildman–Crippen MR) is 131 cm³/mol. The molecule has 1 aliphatic heterocycles. The molecule has 3 atom stereocenters. The molecule has 1 heterocycles. The van der Waals surface area contributed by atoms with Gasteiger partial charge in [-0.2, -0.15) is 0 Å². The van der Waals surface area contributed by atoms with Crippen molar-refractivity contribution in [1.82, 2.24) is 4.90 Å². The third kappa shape index (κ3) is 6.07. The zero-order valence-electron chi connectivity index (χ0n) is 20.6. The predicted octanol–water partition coefficient (Wildman–Crippen LogP) is 6.61. The first-order chi connectivity index (χ1) is 17.3. The van der Waals surface area contributed by atoms with E-state index in [2.05, 4.69) is 14.5 Å². The first-order valence-electron chi connectivity index (χ1n) is 13.0. The number of likely N-dealkylation sites (N-methyl/N-ethyl adjacent to an activating group) is 1. The smallest absolute Gasteiger partial charge is 0.491 e. The second-order valence-electron chi connectivity index (χ2n) is 10.5. The molecule has 5 rings (SSSR count). The van der Waals surface area contributed by atoms with Crippen LogP contribution in [0.15, 0.2) is 42.5 Å². The molecule has 3 fully saturated rings. The molecule has 36 heavy (non-hydrogen) atoms. The van der Waals surface area contributed by atoms with Crippen LogP contribution in [0.5, 0.6) is 11.5 Å². The van der Waals surface area contributed by atoms with Gasteiger partial charge in [0.25, 0.3) is 0 Å². The minimum atomic E-state index is -4.77. The number of nitrogens with zero attached hydrogens (tertiary/aromatic N) is 2. The second-order valence-corrected chi connectivity index (χ2v) is 10.5. The Balaban J connectivity index is 1.45. The fourth-order valence-electron chi connectivity index (χ4n) is 5.94. The summed E-state index contributed by atoms with van der Waals surface area (Å²) < 4.78 is 63.1. The third-order valence-electron chi connectivity index (χ3n) is 7.91. The molecule has 196 valence electrons. The standard InChI is InChI=1S/C28H34F4N2O2/c1-33(25-16-23(36-28(30,31)32)11-13-26(25)35-18-19-4-5-19)24-12-8-21(17-34-14-2-3-15-34)27(24)20-6-9-22(29)10-7-20/h6-7,9-11,13,16,19,21,24,27H,2-5,8,12,14-15,17-18H2,1H3/t21-,24+,27-/m1/s1. The Kier molecular flexibility index (Phi) is 7.33. The van der Waals surface area contributed by atoms with Crippen LogP contribution in [0, 0.1) is 17.7 Å². The average molecular weight is 507 g/mol. The second kappa shape index (κ2) is 10.5. The summed E-state index contributed by atoms with van der Waals surface area (Å²) >= 11 is 0. The Morgan fingerprint density at radius 1 is 0.972 bits per heavy atom. The van der Waals surface area contributed by atoms with Gasteiger partial charge in [0.2, 0.25) is 0 Å². The molecular formula is C28H34F4N2O2. The molecule has 1 saturated heterocycles. The van der Waals surface area contributed by atoms with Crippen LogP contribution < -0.4 is 14.4 Å². The number of halogens is 4. The SMILES string of the molecule is CN(c1cc(OC(F)(F)F)ccc1OCC1CC1)[C@H]1CC[C@H](CN2CCCC2)[C@H]1c1ccc(F)cc1. The fraction of sp³-hybridized carbons (Fsp3) is 0.571. The van der Waals surface area contributed by atoms with Crippen LogP contribution in [0.3, 0.4) is 0 Å². The summed E-state index contributed by atoms with van der Waals surface area (Å²) in [6.45, 7) is 3.74. The Hall–Kier alpha value is -2.48. The average Bonchev–Trinajstić information content (AvgIpc) is 3.35. The van der Waals surface area contributed by atoms with Gasteiger partial charge >= 0.3 is 6.36 Å². The number of anilines is 1. The third-order valence-corrected chi connectivity index (χ3v) is 7.91. The molecule has 0 spiro atoms. The fourth-order valence-corrected chi connectivity index (χ4v) is 5.94. The molecule has 2 aliphatic carbocycles. The van der Waals surface area contributed by atoms with Gasteiger partial charge < -0.3 is 19.3 Å². The maximum atomic E-state index is 13.8. The van der Waals surface area contributed by atoms with Gasteiger partial charge in [-0.3, -0.25) is 0 Å². The van der Waals surface area contributed by atoms with E-state index in [1.54, 1.807) is 6.07 Å². The first-order valence-corrected chi connectivity index (χ1v) is 13.0. The quantitative estimate of drug-likeness (QED) is 0.358. The summed E-state index contributed by atoms with van der Waals surface area (Å²) in [5.74, 6) is 1.06.